The minimum atomic E-state index is -1.60. The summed E-state index contributed by atoms with van der Waals surface area (Å²) in [4.78, 5) is 0. The molecule has 8 N–H and O–H groups in total. The van der Waals surface area contributed by atoms with E-state index < -0.39 is 68.2 Å². The zero-order chi connectivity index (χ0) is 16.4. The van der Waals surface area contributed by atoms with Crippen molar-refractivity contribution >= 4 is 0 Å². The summed E-state index contributed by atoms with van der Waals surface area (Å²) in [6.07, 6.45) is -9.43. The maximum Gasteiger partial charge on any atom is 0.187 e. The normalized spacial score (nSPS) is 49.5. The van der Waals surface area contributed by atoms with Crippen LogP contribution in [0.4, 0.5) is 0 Å². The first-order chi connectivity index (χ1) is 10.4. The third kappa shape index (κ3) is 3.26. The van der Waals surface area contributed by atoms with Crippen molar-refractivity contribution in [1.82, 2.24) is 5.32 Å². The second kappa shape index (κ2) is 7.45. The van der Waals surface area contributed by atoms with Gasteiger partial charge in [0.05, 0.1) is 38.0 Å². The monoisotopic (exact) mass is 325 g/mol. The van der Waals surface area contributed by atoms with Gasteiger partial charge in [0, 0.05) is 0 Å². The molecule has 0 radical (unpaired) electrons. The van der Waals surface area contributed by atoms with Gasteiger partial charge in [0.25, 0.3) is 0 Å². The third-order valence-electron chi connectivity index (χ3n) is 4.11. The molecule has 0 aromatic heterocycles. The molecule has 2 aliphatic rings. The molecule has 10 heteroatoms. The number of aliphatic hydroxyl groups is 7. The first-order valence-electron chi connectivity index (χ1n) is 7.06. The van der Waals surface area contributed by atoms with Crippen LogP contribution in [0.1, 0.15) is 0 Å². The Labute approximate surface area is 126 Å². The van der Waals surface area contributed by atoms with Crippen LogP contribution in [0.3, 0.4) is 0 Å². The molecule has 2 aliphatic heterocycles. The van der Waals surface area contributed by atoms with Crippen LogP contribution in [-0.2, 0) is 9.47 Å². The molecule has 9 atom stereocenters. The predicted molar refractivity (Wildman–Crippen MR) is 69.5 cm³/mol. The van der Waals surface area contributed by atoms with Crippen LogP contribution in [0, 0.1) is 0 Å². The maximum absolute atomic E-state index is 10.1. The third-order valence-corrected chi connectivity index (χ3v) is 4.11. The van der Waals surface area contributed by atoms with Crippen LogP contribution >= 0.6 is 0 Å². The molecule has 0 unspecified atom stereocenters. The summed E-state index contributed by atoms with van der Waals surface area (Å²) < 4.78 is 10.6. The highest BCUT2D eigenvalue weighted by Gasteiger charge is 2.49. The highest BCUT2D eigenvalue weighted by atomic mass is 16.7. The van der Waals surface area contributed by atoms with Gasteiger partial charge < -0.3 is 50.5 Å². The van der Waals surface area contributed by atoms with Gasteiger partial charge in [-0.15, -0.1) is 0 Å². The van der Waals surface area contributed by atoms with Gasteiger partial charge in [-0.25, -0.2) is 0 Å². The first-order valence-corrected chi connectivity index (χ1v) is 7.06. The molecule has 0 aliphatic carbocycles. The van der Waals surface area contributed by atoms with Gasteiger partial charge in [-0.3, -0.25) is 0 Å². The molecule has 130 valence electrons. The van der Waals surface area contributed by atoms with E-state index in [4.69, 9.17) is 19.7 Å². The lowest BCUT2D eigenvalue weighted by Crippen LogP contribution is -2.60. The lowest BCUT2D eigenvalue weighted by Gasteiger charge is -2.41. The van der Waals surface area contributed by atoms with Crippen LogP contribution < -0.4 is 5.32 Å². The second-order valence-electron chi connectivity index (χ2n) is 5.53. The van der Waals surface area contributed by atoms with Gasteiger partial charge in [-0.2, -0.15) is 0 Å². The number of nitrogens with one attached hydrogen (secondary N) is 1. The fourth-order valence-electron chi connectivity index (χ4n) is 2.76. The van der Waals surface area contributed by atoms with Crippen molar-refractivity contribution in [3.63, 3.8) is 0 Å². The number of rotatable bonds is 5. The summed E-state index contributed by atoms with van der Waals surface area (Å²) in [5.74, 6) is 0. The van der Waals surface area contributed by atoms with E-state index >= 15 is 0 Å². The summed E-state index contributed by atoms with van der Waals surface area (Å²) in [5.41, 5.74) is 0. The summed E-state index contributed by atoms with van der Waals surface area (Å²) in [5, 5.41) is 69.6. The molecule has 0 aromatic carbocycles. The molecule has 10 nitrogen and oxygen atoms in total. The Morgan fingerprint density at radius 2 is 1.41 bits per heavy atom. The van der Waals surface area contributed by atoms with E-state index in [1.54, 1.807) is 0 Å². The Hall–Kier alpha value is -0.400. The van der Waals surface area contributed by atoms with E-state index in [9.17, 15) is 25.5 Å². The van der Waals surface area contributed by atoms with E-state index in [1.165, 1.54) is 0 Å². The highest BCUT2D eigenvalue weighted by Crippen LogP contribution is 2.26. The quantitative estimate of drug-likeness (QED) is 0.244. The summed E-state index contributed by atoms with van der Waals surface area (Å²) >= 11 is 0. The van der Waals surface area contributed by atoms with Gasteiger partial charge >= 0.3 is 0 Å². The molecular formula is C12H23NO9. The summed E-state index contributed by atoms with van der Waals surface area (Å²) in [6, 6.07) is -1.42. The van der Waals surface area contributed by atoms with E-state index in [0.29, 0.717) is 0 Å². The minimum absolute atomic E-state index is 0.383. The first kappa shape index (κ1) is 17.9. The largest absolute Gasteiger partial charge is 0.395 e. The van der Waals surface area contributed by atoms with Crippen molar-refractivity contribution in [3.05, 3.63) is 0 Å². The van der Waals surface area contributed by atoms with E-state index in [1.807, 2.05) is 0 Å². The van der Waals surface area contributed by atoms with Crippen molar-refractivity contribution in [1.29, 1.82) is 0 Å². The van der Waals surface area contributed by atoms with Gasteiger partial charge in [0.1, 0.15) is 30.5 Å². The molecule has 2 rings (SSSR count). The van der Waals surface area contributed by atoms with Crippen LogP contribution in [0.15, 0.2) is 0 Å². The second-order valence-corrected chi connectivity index (χ2v) is 5.53. The molecule has 2 saturated heterocycles. The topological polar surface area (TPSA) is 172 Å². The van der Waals surface area contributed by atoms with E-state index in [0.717, 1.165) is 0 Å². The lowest BCUT2D eigenvalue weighted by atomic mass is 9.99. The number of aliphatic hydroxyl groups excluding tert-OH is 7. The van der Waals surface area contributed by atoms with Crippen molar-refractivity contribution in [2.45, 2.75) is 55.0 Å². The molecular weight excluding hydrogens is 302 g/mol. The number of hydrogen-bond acceptors (Lipinski definition) is 10. The Morgan fingerprint density at radius 1 is 0.773 bits per heavy atom. The fourth-order valence-corrected chi connectivity index (χ4v) is 2.76. The lowest BCUT2D eigenvalue weighted by molar-refractivity contribution is -0.316. The zero-order valence-corrected chi connectivity index (χ0v) is 11.8. The van der Waals surface area contributed by atoms with Gasteiger partial charge in [0.2, 0.25) is 0 Å². The molecule has 0 saturated carbocycles. The molecule has 0 aromatic rings. The van der Waals surface area contributed by atoms with Crippen molar-refractivity contribution < 1.29 is 45.2 Å². The van der Waals surface area contributed by atoms with E-state index in [-0.39, 0.29) is 6.61 Å². The number of ether oxygens (including phenoxy) is 2. The Morgan fingerprint density at radius 3 is 1.95 bits per heavy atom. The number of hydrogen-bond donors (Lipinski definition) is 8. The van der Waals surface area contributed by atoms with E-state index in [2.05, 4.69) is 5.32 Å². The van der Waals surface area contributed by atoms with Crippen LogP contribution in [0.5, 0.6) is 0 Å². The Kier molecular flexibility index (Phi) is 6.07. The minimum Gasteiger partial charge on any atom is -0.395 e. The van der Waals surface area contributed by atoms with Crippen molar-refractivity contribution in [3.8, 4) is 0 Å². The molecule has 22 heavy (non-hydrogen) atoms. The molecule has 2 fully saturated rings. The average Bonchev–Trinajstić information content (AvgIpc) is 2.83. The van der Waals surface area contributed by atoms with Gasteiger partial charge in [0.15, 0.2) is 6.29 Å². The molecule has 0 amide bonds. The Balaban J connectivity index is 2.07. The predicted octanol–water partition coefficient (Wildman–Crippen LogP) is -5.14. The molecule has 2 heterocycles. The van der Waals surface area contributed by atoms with Gasteiger partial charge in [-0.1, -0.05) is 0 Å². The molecule has 0 bridgehead atoms. The summed E-state index contributed by atoms with van der Waals surface area (Å²) in [7, 11) is 0. The van der Waals surface area contributed by atoms with Crippen LogP contribution in [-0.4, -0.2) is 111 Å². The zero-order valence-electron chi connectivity index (χ0n) is 11.8. The smallest absolute Gasteiger partial charge is 0.187 e. The highest BCUT2D eigenvalue weighted by molar-refractivity contribution is 5.00. The van der Waals surface area contributed by atoms with Crippen LogP contribution in [0.2, 0.25) is 0 Å². The van der Waals surface area contributed by atoms with Crippen molar-refractivity contribution in [2.75, 3.05) is 19.8 Å². The van der Waals surface area contributed by atoms with Gasteiger partial charge in [-0.05, 0) is 0 Å². The average molecular weight is 325 g/mol. The molecule has 0 spiro atoms. The maximum atomic E-state index is 10.1. The SMILES string of the molecule is OC[C@H]1N[C@H](CO)[C@@H](O[C@H]2O[C@H](CO)[C@@H](O)[C@H](O)[C@H]2O)[C@@H]1O. The Bertz CT molecular complexity index is 355. The fraction of sp³-hybridized carbons (Fsp3) is 1.00. The standard InChI is InChI=1S/C12H23NO9/c14-1-4-7(17)11(5(2-15)13-4)22-12-10(20)9(19)8(18)6(3-16)21-12/h4-20H,1-3H2/t4-,5-,6-,7-,8-,9+,10-,11-,12-/m1/s1. The van der Waals surface area contributed by atoms with Crippen molar-refractivity contribution in [2.24, 2.45) is 0 Å². The summed E-state index contributed by atoms with van der Waals surface area (Å²) in [6.45, 7) is -1.37. The van der Waals surface area contributed by atoms with Crippen LogP contribution in [0.25, 0.3) is 0 Å².